The average Bonchev–Trinajstić information content (AvgIpc) is 3.56. The molecule has 0 aliphatic carbocycles. The van der Waals surface area contributed by atoms with Crippen LogP contribution in [0.1, 0.15) is 41.8 Å². The van der Waals surface area contributed by atoms with Crippen LogP contribution in [0.2, 0.25) is 5.02 Å². The van der Waals surface area contributed by atoms with E-state index in [1.165, 1.54) is 16.2 Å². The SMILES string of the molecule is CCN(CC)c1ccc(C2C(C(=O)c3ccc(C)o3)=C(O)C(=O)N2c2nc3ccc(Cl)cc3s2)cc1. The molecule has 184 valence electrons. The number of benzene rings is 2. The summed E-state index contributed by atoms with van der Waals surface area (Å²) >= 11 is 7.42. The summed E-state index contributed by atoms with van der Waals surface area (Å²) in [5.74, 6) is -1.22. The number of carbonyl (C=O) groups excluding carboxylic acids is 2. The summed E-state index contributed by atoms with van der Waals surface area (Å²) in [6.07, 6.45) is 0. The van der Waals surface area contributed by atoms with Gasteiger partial charge in [-0.1, -0.05) is 35.1 Å². The van der Waals surface area contributed by atoms with Crippen molar-refractivity contribution in [1.29, 1.82) is 0 Å². The van der Waals surface area contributed by atoms with E-state index in [4.69, 9.17) is 16.0 Å². The lowest BCUT2D eigenvalue weighted by atomic mass is 9.95. The molecule has 0 saturated carbocycles. The Balaban J connectivity index is 1.64. The molecule has 0 fully saturated rings. The van der Waals surface area contributed by atoms with Crippen molar-refractivity contribution in [3.63, 3.8) is 0 Å². The van der Waals surface area contributed by atoms with Crippen LogP contribution in [0.5, 0.6) is 0 Å². The first kappa shape index (κ1) is 24.1. The highest BCUT2D eigenvalue weighted by molar-refractivity contribution is 7.22. The number of thiazole rings is 1. The fourth-order valence-electron chi connectivity index (χ4n) is 4.48. The monoisotopic (exact) mass is 521 g/mol. The Kier molecular flexibility index (Phi) is 6.32. The summed E-state index contributed by atoms with van der Waals surface area (Å²) in [7, 11) is 0. The van der Waals surface area contributed by atoms with Crippen molar-refractivity contribution in [2.75, 3.05) is 22.9 Å². The molecule has 1 amide bonds. The minimum absolute atomic E-state index is 0.0396. The highest BCUT2D eigenvalue weighted by atomic mass is 35.5. The number of amides is 1. The number of aromatic nitrogens is 1. The molecule has 0 radical (unpaired) electrons. The van der Waals surface area contributed by atoms with Crippen molar-refractivity contribution in [3.8, 4) is 0 Å². The molecule has 0 spiro atoms. The molecule has 1 aliphatic heterocycles. The van der Waals surface area contributed by atoms with E-state index < -0.39 is 23.5 Å². The number of halogens is 1. The maximum atomic E-state index is 13.5. The number of ketones is 1. The molecule has 3 heterocycles. The third-order valence-electron chi connectivity index (χ3n) is 6.30. The van der Waals surface area contributed by atoms with Crippen LogP contribution in [-0.2, 0) is 4.79 Å². The number of aliphatic hydroxyl groups is 1. The lowest BCUT2D eigenvalue weighted by molar-refractivity contribution is -0.117. The van der Waals surface area contributed by atoms with Gasteiger partial charge in [0, 0.05) is 23.8 Å². The third-order valence-corrected chi connectivity index (χ3v) is 7.55. The second kappa shape index (κ2) is 9.44. The molecule has 1 atom stereocenters. The number of hydrogen-bond acceptors (Lipinski definition) is 7. The summed E-state index contributed by atoms with van der Waals surface area (Å²) in [5.41, 5.74) is 2.33. The number of rotatable bonds is 7. The van der Waals surface area contributed by atoms with Crippen LogP contribution < -0.4 is 9.80 Å². The van der Waals surface area contributed by atoms with Gasteiger partial charge in [-0.05, 0) is 68.8 Å². The van der Waals surface area contributed by atoms with E-state index in [0.717, 1.165) is 23.5 Å². The van der Waals surface area contributed by atoms with Gasteiger partial charge in [-0.15, -0.1) is 0 Å². The molecule has 2 aromatic carbocycles. The predicted molar refractivity (Wildman–Crippen MR) is 142 cm³/mol. The number of aryl methyl sites for hydroxylation is 1. The molecule has 36 heavy (non-hydrogen) atoms. The average molecular weight is 522 g/mol. The lowest BCUT2D eigenvalue weighted by Gasteiger charge is -2.26. The number of nitrogens with zero attached hydrogens (tertiary/aromatic N) is 3. The number of Topliss-reactive ketones (excluding diaryl/α,β-unsaturated/α-hetero) is 1. The Bertz CT molecular complexity index is 1500. The van der Waals surface area contributed by atoms with E-state index in [-0.39, 0.29) is 11.3 Å². The Hall–Kier alpha value is -3.62. The summed E-state index contributed by atoms with van der Waals surface area (Å²) in [6.45, 7) is 7.59. The molecule has 0 saturated heterocycles. The van der Waals surface area contributed by atoms with Crippen molar-refractivity contribution in [1.82, 2.24) is 4.98 Å². The zero-order valence-electron chi connectivity index (χ0n) is 20.0. The summed E-state index contributed by atoms with van der Waals surface area (Å²) in [5, 5.41) is 11.9. The molecule has 9 heteroatoms. The Morgan fingerprint density at radius 3 is 2.50 bits per heavy atom. The summed E-state index contributed by atoms with van der Waals surface area (Å²) in [4.78, 5) is 35.1. The Labute approximate surface area is 217 Å². The van der Waals surface area contributed by atoms with Crippen LogP contribution in [0.3, 0.4) is 0 Å². The van der Waals surface area contributed by atoms with E-state index in [1.807, 2.05) is 24.3 Å². The molecule has 2 aromatic heterocycles. The smallest absolute Gasteiger partial charge is 0.296 e. The van der Waals surface area contributed by atoms with Crippen LogP contribution in [0.4, 0.5) is 10.8 Å². The molecule has 7 nitrogen and oxygen atoms in total. The largest absolute Gasteiger partial charge is 0.503 e. The standard InChI is InChI=1S/C27H24ClN3O4S/c1-4-30(5-2)18-10-7-16(8-11-18)23-22(24(32)20-13-6-15(3)35-20)25(33)26(34)31(23)27-29-19-12-9-17(28)14-21(19)36-27/h6-14,23,33H,4-5H2,1-3H3. The van der Waals surface area contributed by atoms with Crippen LogP contribution in [0, 0.1) is 6.92 Å². The first-order valence-electron chi connectivity index (χ1n) is 11.6. The molecule has 1 unspecified atom stereocenters. The number of hydrogen-bond donors (Lipinski definition) is 1. The molecule has 1 N–H and O–H groups in total. The number of furan rings is 1. The van der Waals surface area contributed by atoms with Crippen molar-refractivity contribution in [3.05, 3.63) is 88.0 Å². The van der Waals surface area contributed by atoms with Crippen molar-refractivity contribution in [2.24, 2.45) is 0 Å². The van der Waals surface area contributed by atoms with Gasteiger partial charge in [-0.3, -0.25) is 14.5 Å². The third kappa shape index (κ3) is 4.06. The first-order chi connectivity index (χ1) is 17.3. The van der Waals surface area contributed by atoms with Crippen LogP contribution >= 0.6 is 22.9 Å². The minimum atomic E-state index is -0.878. The van der Waals surface area contributed by atoms with Gasteiger partial charge in [-0.25, -0.2) is 4.98 Å². The minimum Gasteiger partial charge on any atom is -0.503 e. The molecular weight excluding hydrogens is 498 g/mol. The van der Waals surface area contributed by atoms with E-state index in [9.17, 15) is 14.7 Å². The second-order valence-corrected chi connectivity index (χ2v) is 9.90. The van der Waals surface area contributed by atoms with Crippen LogP contribution in [-0.4, -0.2) is 34.9 Å². The topological polar surface area (TPSA) is 86.9 Å². The van der Waals surface area contributed by atoms with Gasteiger partial charge in [0.15, 0.2) is 16.7 Å². The number of fused-ring (bicyclic) bond motifs is 1. The summed E-state index contributed by atoms with van der Waals surface area (Å²) < 4.78 is 6.34. The summed E-state index contributed by atoms with van der Waals surface area (Å²) in [6, 6.07) is 15.3. The van der Waals surface area contributed by atoms with Crippen molar-refractivity contribution >= 4 is 55.7 Å². The normalized spacial score (nSPS) is 15.8. The zero-order chi connectivity index (χ0) is 25.6. The fourth-order valence-corrected chi connectivity index (χ4v) is 5.75. The van der Waals surface area contributed by atoms with Gasteiger partial charge in [0.2, 0.25) is 5.78 Å². The highest BCUT2D eigenvalue weighted by Gasteiger charge is 2.46. The van der Waals surface area contributed by atoms with Crippen molar-refractivity contribution < 1.29 is 19.1 Å². The van der Waals surface area contributed by atoms with Crippen LogP contribution in [0.15, 0.2) is 70.3 Å². The Morgan fingerprint density at radius 2 is 1.86 bits per heavy atom. The molecule has 4 aromatic rings. The molecule has 5 rings (SSSR count). The zero-order valence-corrected chi connectivity index (χ0v) is 21.6. The molecular formula is C27H24ClN3O4S. The predicted octanol–water partition coefficient (Wildman–Crippen LogP) is 6.48. The number of carbonyl (C=O) groups is 2. The van der Waals surface area contributed by atoms with Gasteiger partial charge in [0.1, 0.15) is 5.76 Å². The van der Waals surface area contributed by atoms with Gasteiger partial charge < -0.3 is 14.4 Å². The highest BCUT2D eigenvalue weighted by Crippen LogP contribution is 2.44. The van der Waals surface area contributed by atoms with E-state index in [0.29, 0.717) is 27.0 Å². The molecule has 1 aliphatic rings. The second-order valence-electron chi connectivity index (χ2n) is 8.45. The van der Waals surface area contributed by atoms with Gasteiger partial charge in [0.25, 0.3) is 5.91 Å². The van der Waals surface area contributed by atoms with Gasteiger partial charge >= 0.3 is 0 Å². The van der Waals surface area contributed by atoms with E-state index in [1.54, 1.807) is 37.3 Å². The van der Waals surface area contributed by atoms with E-state index >= 15 is 0 Å². The van der Waals surface area contributed by atoms with Crippen LogP contribution in [0.25, 0.3) is 10.2 Å². The Morgan fingerprint density at radius 1 is 1.14 bits per heavy atom. The quantitative estimate of drug-likeness (QED) is 0.280. The fraction of sp³-hybridized carbons (Fsp3) is 0.222. The lowest BCUT2D eigenvalue weighted by Crippen LogP contribution is -2.31. The number of aliphatic hydroxyl groups excluding tert-OH is 1. The van der Waals surface area contributed by atoms with Gasteiger partial charge in [-0.2, -0.15) is 0 Å². The van der Waals surface area contributed by atoms with Gasteiger partial charge in [0.05, 0.1) is 21.8 Å². The first-order valence-corrected chi connectivity index (χ1v) is 12.8. The number of anilines is 2. The van der Waals surface area contributed by atoms with Crippen molar-refractivity contribution in [2.45, 2.75) is 26.8 Å². The maximum absolute atomic E-state index is 13.5. The maximum Gasteiger partial charge on any atom is 0.296 e. The van der Waals surface area contributed by atoms with E-state index in [2.05, 4.69) is 23.7 Å². The molecule has 0 bridgehead atoms.